The molecule has 0 bridgehead atoms. The zero-order valence-electron chi connectivity index (χ0n) is 19.4. The van der Waals surface area contributed by atoms with Gasteiger partial charge in [0.1, 0.15) is 11.6 Å². The van der Waals surface area contributed by atoms with Crippen molar-refractivity contribution in [1.29, 1.82) is 0 Å². The number of anilines is 2. The van der Waals surface area contributed by atoms with Gasteiger partial charge in [-0.2, -0.15) is 0 Å². The number of benzene rings is 2. The summed E-state index contributed by atoms with van der Waals surface area (Å²) in [4.78, 5) is 52.8. The third-order valence-corrected chi connectivity index (χ3v) is 5.61. The summed E-state index contributed by atoms with van der Waals surface area (Å²) in [5.74, 6) is -2.28. The van der Waals surface area contributed by atoms with E-state index in [1.165, 1.54) is 11.8 Å². The minimum Gasteiger partial charge on any atom is -0.451 e. The van der Waals surface area contributed by atoms with E-state index in [0.29, 0.717) is 16.9 Å². The topological polar surface area (TPSA) is 105 Å². The molecule has 2 N–H and O–H groups in total. The first-order valence-electron chi connectivity index (χ1n) is 10.8. The maximum Gasteiger partial charge on any atom is 0.329 e. The number of nitrogens with one attached hydrogen (secondary N) is 2. The fourth-order valence-electron chi connectivity index (χ4n) is 3.64. The van der Waals surface area contributed by atoms with E-state index in [4.69, 9.17) is 4.74 Å². The van der Waals surface area contributed by atoms with E-state index in [2.05, 4.69) is 10.6 Å². The summed E-state index contributed by atoms with van der Waals surface area (Å²) in [5.41, 5.74) is 0.250. The number of carbonyl (C=O) groups is 4. The lowest BCUT2D eigenvalue weighted by Crippen LogP contribution is -2.61. The summed E-state index contributed by atoms with van der Waals surface area (Å²) in [6.45, 7) is 8.27. The Morgan fingerprint density at radius 2 is 1.58 bits per heavy atom. The van der Waals surface area contributed by atoms with Crippen molar-refractivity contribution >= 4 is 35.1 Å². The van der Waals surface area contributed by atoms with Gasteiger partial charge in [-0.05, 0) is 51.0 Å². The highest BCUT2D eigenvalue weighted by molar-refractivity contribution is 6.15. The zero-order chi connectivity index (χ0) is 24.3. The van der Waals surface area contributed by atoms with E-state index >= 15 is 0 Å². The normalized spacial score (nSPS) is 16.3. The van der Waals surface area contributed by atoms with E-state index in [1.54, 1.807) is 82.3 Å². The monoisotopic (exact) mass is 451 g/mol. The number of amides is 3. The molecule has 0 fully saturated rings. The van der Waals surface area contributed by atoms with Crippen molar-refractivity contribution in [2.75, 3.05) is 10.2 Å². The van der Waals surface area contributed by atoms with Crippen LogP contribution in [-0.4, -0.2) is 41.4 Å². The van der Waals surface area contributed by atoms with Crippen LogP contribution in [0.25, 0.3) is 0 Å². The van der Waals surface area contributed by atoms with Crippen LogP contribution in [0.5, 0.6) is 0 Å². The van der Waals surface area contributed by atoms with E-state index < -0.39 is 35.5 Å². The van der Waals surface area contributed by atoms with Crippen molar-refractivity contribution in [1.82, 2.24) is 5.32 Å². The molecule has 8 nitrogen and oxygen atoms in total. The molecule has 2 aromatic carbocycles. The van der Waals surface area contributed by atoms with Gasteiger partial charge in [0.05, 0.1) is 11.4 Å². The Kier molecular flexibility index (Phi) is 6.86. The lowest BCUT2D eigenvalue weighted by molar-refractivity contribution is -0.157. The Bertz CT molecular complexity index is 1060. The summed E-state index contributed by atoms with van der Waals surface area (Å²) in [6.07, 6.45) is -1.18. The van der Waals surface area contributed by atoms with Crippen molar-refractivity contribution in [2.24, 2.45) is 5.92 Å². The third kappa shape index (κ3) is 4.89. The largest absolute Gasteiger partial charge is 0.451 e. The molecule has 174 valence electrons. The van der Waals surface area contributed by atoms with Crippen molar-refractivity contribution in [3.8, 4) is 0 Å². The number of para-hydroxylation sites is 2. The van der Waals surface area contributed by atoms with Crippen molar-refractivity contribution in [3.05, 3.63) is 60.2 Å². The molecule has 0 radical (unpaired) electrons. The molecule has 3 rings (SSSR count). The molecule has 0 aromatic heterocycles. The molecule has 2 atom stereocenters. The Morgan fingerprint density at radius 1 is 0.970 bits per heavy atom. The Balaban J connectivity index is 1.78. The number of hydrogen-bond acceptors (Lipinski definition) is 5. The Morgan fingerprint density at radius 3 is 2.21 bits per heavy atom. The maximum atomic E-state index is 13.4. The highest BCUT2D eigenvalue weighted by Gasteiger charge is 2.45. The van der Waals surface area contributed by atoms with Crippen LogP contribution in [0.4, 0.5) is 11.4 Å². The number of esters is 1. The van der Waals surface area contributed by atoms with Crippen molar-refractivity contribution < 1.29 is 23.9 Å². The summed E-state index contributed by atoms with van der Waals surface area (Å²) < 4.78 is 5.49. The Hall–Kier alpha value is -3.68. The van der Waals surface area contributed by atoms with Crippen LogP contribution in [0.2, 0.25) is 0 Å². The van der Waals surface area contributed by atoms with Gasteiger partial charge in [-0.1, -0.05) is 44.2 Å². The minimum absolute atomic E-state index is 0.273. The first kappa shape index (κ1) is 24.0. The van der Waals surface area contributed by atoms with Crippen LogP contribution in [0.1, 0.15) is 45.0 Å². The van der Waals surface area contributed by atoms with Gasteiger partial charge >= 0.3 is 5.97 Å². The van der Waals surface area contributed by atoms with Crippen LogP contribution >= 0.6 is 0 Å². The molecular formula is C25H29N3O5. The Labute approximate surface area is 193 Å². The van der Waals surface area contributed by atoms with Gasteiger partial charge in [-0.15, -0.1) is 0 Å². The zero-order valence-corrected chi connectivity index (χ0v) is 19.4. The second kappa shape index (κ2) is 9.44. The standard InChI is InChI=1S/C25H29N3O5/c1-15(2)20(27-21(29)17-11-7-6-8-12-17)23(31)33-16(3)22(30)28-19-14-10-9-13-18(19)26-24(32)25(28,4)5/h6-16,20H,1-5H3,(H,26,32)(H,27,29)/t16-,20-/m1/s1. The number of carbonyl (C=O) groups excluding carboxylic acids is 4. The maximum absolute atomic E-state index is 13.4. The molecule has 1 aliphatic heterocycles. The molecule has 0 spiro atoms. The van der Waals surface area contributed by atoms with Gasteiger partial charge in [0.25, 0.3) is 11.8 Å². The number of nitrogens with zero attached hydrogens (tertiary/aromatic N) is 1. The molecule has 3 amide bonds. The van der Waals surface area contributed by atoms with Gasteiger partial charge in [0, 0.05) is 5.56 Å². The summed E-state index contributed by atoms with van der Waals surface area (Å²) >= 11 is 0. The van der Waals surface area contributed by atoms with Crippen LogP contribution in [0.3, 0.4) is 0 Å². The van der Waals surface area contributed by atoms with Crippen molar-refractivity contribution in [3.63, 3.8) is 0 Å². The van der Waals surface area contributed by atoms with Gasteiger partial charge in [0.2, 0.25) is 5.91 Å². The first-order chi connectivity index (χ1) is 15.5. The fourth-order valence-corrected chi connectivity index (χ4v) is 3.64. The van der Waals surface area contributed by atoms with E-state index in [-0.39, 0.29) is 11.8 Å². The second-order valence-corrected chi connectivity index (χ2v) is 8.84. The number of ether oxygens (including phenoxy) is 1. The molecule has 1 aliphatic rings. The quantitative estimate of drug-likeness (QED) is 0.657. The molecule has 0 saturated carbocycles. The molecule has 0 unspecified atom stereocenters. The summed E-state index contributed by atoms with van der Waals surface area (Å²) in [7, 11) is 0. The highest BCUT2D eigenvalue weighted by atomic mass is 16.5. The summed E-state index contributed by atoms with van der Waals surface area (Å²) in [5, 5.41) is 5.49. The smallest absolute Gasteiger partial charge is 0.329 e. The van der Waals surface area contributed by atoms with Crippen molar-refractivity contribution in [2.45, 2.75) is 52.3 Å². The van der Waals surface area contributed by atoms with Gasteiger partial charge in [0.15, 0.2) is 6.10 Å². The lowest BCUT2D eigenvalue weighted by Gasteiger charge is -2.42. The molecule has 2 aromatic rings. The molecule has 33 heavy (non-hydrogen) atoms. The molecule has 8 heteroatoms. The third-order valence-electron chi connectivity index (χ3n) is 5.61. The summed E-state index contributed by atoms with van der Waals surface area (Å²) in [6, 6.07) is 14.5. The first-order valence-corrected chi connectivity index (χ1v) is 10.8. The average molecular weight is 452 g/mol. The van der Waals surface area contributed by atoms with Gasteiger partial charge in [-0.25, -0.2) is 4.79 Å². The van der Waals surface area contributed by atoms with E-state index in [0.717, 1.165) is 0 Å². The number of fused-ring (bicyclic) bond motifs is 1. The SMILES string of the molecule is CC(C)[C@@H](NC(=O)c1ccccc1)C(=O)O[C@H](C)C(=O)N1c2ccccc2NC(=O)C1(C)C. The molecule has 0 saturated heterocycles. The molecule has 1 heterocycles. The minimum atomic E-state index is -1.19. The van der Waals surface area contributed by atoms with Crippen LogP contribution in [0.15, 0.2) is 54.6 Å². The number of hydrogen-bond donors (Lipinski definition) is 2. The predicted molar refractivity (Wildman–Crippen MR) is 125 cm³/mol. The van der Waals surface area contributed by atoms with E-state index in [9.17, 15) is 19.2 Å². The van der Waals surface area contributed by atoms with Crippen LogP contribution < -0.4 is 15.5 Å². The van der Waals surface area contributed by atoms with Gasteiger partial charge in [-0.3, -0.25) is 19.3 Å². The predicted octanol–water partition coefficient (Wildman–Crippen LogP) is 3.14. The fraction of sp³-hybridized carbons (Fsp3) is 0.360. The number of rotatable bonds is 6. The van der Waals surface area contributed by atoms with Crippen LogP contribution in [0, 0.1) is 5.92 Å². The highest BCUT2D eigenvalue weighted by Crippen LogP contribution is 2.37. The second-order valence-electron chi connectivity index (χ2n) is 8.84. The van der Waals surface area contributed by atoms with Gasteiger partial charge < -0.3 is 15.4 Å². The average Bonchev–Trinajstić information content (AvgIpc) is 2.77. The molecule has 0 aliphatic carbocycles. The lowest BCUT2D eigenvalue weighted by atomic mass is 9.95. The van der Waals surface area contributed by atoms with E-state index in [1.807, 2.05) is 0 Å². The molecular weight excluding hydrogens is 422 g/mol. The van der Waals surface area contributed by atoms with Crippen LogP contribution in [-0.2, 0) is 19.1 Å².